The van der Waals surface area contributed by atoms with Crippen LogP contribution < -0.4 is 10.2 Å². The Bertz CT molecular complexity index is 753. The number of amides is 1. The van der Waals surface area contributed by atoms with Gasteiger partial charge in [0.15, 0.2) is 0 Å². The second-order valence-corrected chi connectivity index (χ2v) is 6.70. The molecule has 1 amide bonds. The number of hydrogen-bond donors (Lipinski definition) is 1. The first-order valence-corrected chi connectivity index (χ1v) is 9.09. The zero-order valence-electron chi connectivity index (χ0n) is 12.7. The van der Waals surface area contributed by atoms with Crippen molar-refractivity contribution in [1.82, 2.24) is 10.3 Å². The monoisotopic (exact) mass is 343 g/mol. The molecule has 0 fully saturated rings. The molecule has 0 spiro atoms. The maximum absolute atomic E-state index is 12.2. The molecule has 0 aliphatic carbocycles. The fraction of sp³-hybridized carbons (Fsp3) is 0.176. The van der Waals surface area contributed by atoms with Crippen LogP contribution in [0.15, 0.2) is 52.5 Å². The number of aromatic nitrogens is 1. The van der Waals surface area contributed by atoms with Crippen molar-refractivity contribution < 1.29 is 4.79 Å². The van der Waals surface area contributed by atoms with E-state index in [1.807, 2.05) is 47.5 Å². The average molecular weight is 343 g/mol. The van der Waals surface area contributed by atoms with Crippen LogP contribution >= 0.6 is 22.7 Å². The Balaban J connectivity index is 1.52. The molecule has 0 aliphatic rings. The number of carbonyl (C=O) groups excluding carboxylic acids is 1. The standard InChI is InChI=1S/C17H17N3OS2/c1-20(14-5-3-2-4-6-14)9-8-18-16(21)15-12-23-17(19-15)13-7-10-22-11-13/h2-7,10-12H,8-9H2,1H3,(H,18,21). The van der Waals surface area contributed by atoms with Crippen LogP contribution in [0.5, 0.6) is 0 Å². The van der Waals surface area contributed by atoms with E-state index in [4.69, 9.17) is 0 Å². The van der Waals surface area contributed by atoms with Crippen molar-refractivity contribution in [2.45, 2.75) is 0 Å². The van der Waals surface area contributed by atoms with E-state index in [2.05, 4.69) is 27.3 Å². The predicted molar refractivity (Wildman–Crippen MR) is 97.5 cm³/mol. The quantitative estimate of drug-likeness (QED) is 0.741. The number of anilines is 1. The lowest BCUT2D eigenvalue weighted by molar-refractivity contribution is 0.0950. The summed E-state index contributed by atoms with van der Waals surface area (Å²) in [5.41, 5.74) is 2.69. The molecule has 118 valence electrons. The highest BCUT2D eigenvalue weighted by atomic mass is 32.1. The summed E-state index contributed by atoms with van der Waals surface area (Å²) in [6.07, 6.45) is 0. The molecule has 0 bridgehead atoms. The van der Waals surface area contributed by atoms with Crippen molar-refractivity contribution in [2.75, 3.05) is 25.0 Å². The Morgan fingerprint density at radius 3 is 2.78 bits per heavy atom. The van der Waals surface area contributed by atoms with E-state index in [0.29, 0.717) is 12.2 Å². The first-order chi connectivity index (χ1) is 11.2. The lowest BCUT2D eigenvalue weighted by atomic mass is 10.3. The highest BCUT2D eigenvalue weighted by Gasteiger charge is 2.12. The van der Waals surface area contributed by atoms with Crippen LogP contribution in [0.25, 0.3) is 10.6 Å². The van der Waals surface area contributed by atoms with Gasteiger partial charge in [0.05, 0.1) is 0 Å². The Kier molecular flexibility index (Phi) is 5.05. The molecule has 0 aliphatic heterocycles. The van der Waals surface area contributed by atoms with E-state index in [1.165, 1.54) is 11.3 Å². The van der Waals surface area contributed by atoms with Crippen molar-refractivity contribution in [3.8, 4) is 10.6 Å². The zero-order valence-corrected chi connectivity index (χ0v) is 14.4. The Morgan fingerprint density at radius 2 is 2.04 bits per heavy atom. The zero-order chi connectivity index (χ0) is 16.1. The van der Waals surface area contributed by atoms with Gasteiger partial charge in [-0.15, -0.1) is 11.3 Å². The number of rotatable bonds is 6. The van der Waals surface area contributed by atoms with E-state index < -0.39 is 0 Å². The molecular weight excluding hydrogens is 326 g/mol. The van der Waals surface area contributed by atoms with Crippen molar-refractivity contribution in [2.24, 2.45) is 0 Å². The Labute approximate surface area is 143 Å². The molecule has 3 aromatic rings. The lowest BCUT2D eigenvalue weighted by Gasteiger charge is -2.19. The van der Waals surface area contributed by atoms with Gasteiger partial charge in [-0.25, -0.2) is 4.98 Å². The van der Waals surface area contributed by atoms with Gasteiger partial charge in [-0.05, 0) is 23.6 Å². The van der Waals surface area contributed by atoms with Crippen LogP contribution in [0.3, 0.4) is 0 Å². The number of likely N-dealkylation sites (N-methyl/N-ethyl adjacent to an activating group) is 1. The highest BCUT2D eigenvalue weighted by Crippen LogP contribution is 2.25. The molecule has 2 aromatic heterocycles. The van der Waals surface area contributed by atoms with Gasteiger partial charge < -0.3 is 10.2 Å². The first kappa shape index (κ1) is 15.7. The van der Waals surface area contributed by atoms with Crippen molar-refractivity contribution in [3.63, 3.8) is 0 Å². The molecule has 0 saturated heterocycles. The van der Waals surface area contributed by atoms with Crippen molar-refractivity contribution in [3.05, 3.63) is 58.2 Å². The number of thiazole rings is 1. The molecule has 0 atom stereocenters. The van der Waals surface area contributed by atoms with Crippen molar-refractivity contribution in [1.29, 1.82) is 0 Å². The van der Waals surface area contributed by atoms with E-state index >= 15 is 0 Å². The van der Waals surface area contributed by atoms with Crippen LogP contribution in [-0.4, -0.2) is 31.0 Å². The Morgan fingerprint density at radius 1 is 1.22 bits per heavy atom. The van der Waals surface area contributed by atoms with E-state index in [0.717, 1.165) is 22.8 Å². The third-order valence-electron chi connectivity index (χ3n) is 3.43. The summed E-state index contributed by atoms with van der Waals surface area (Å²) in [6, 6.07) is 12.1. The van der Waals surface area contributed by atoms with Gasteiger partial charge in [-0.3, -0.25) is 4.79 Å². The summed E-state index contributed by atoms with van der Waals surface area (Å²) in [7, 11) is 2.01. The van der Waals surface area contributed by atoms with E-state index in [1.54, 1.807) is 11.3 Å². The van der Waals surface area contributed by atoms with Gasteiger partial charge in [0.1, 0.15) is 10.7 Å². The molecule has 1 aromatic carbocycles. The number of carbonyl (C=O) groups is 1. The van der Waals surface area contributed by atoms with Gasteiger partial charge >= 0.3 is 0 Å². The minimum Gasteiger partial charge on any atom is -0.373 e. The highest BCUT2D eigenvalue weighted by molar-refractivity contribution is 7.14. The summed E-state index contributed by atoms with van der Waals surface area (Å²) in [5, 5.41) is 9.67. The number of nitrogens with zero attached hydrogens (tertiary/aromatic N) is 2. The van der Waals surface area contributed by atoms with Gasteiger partial charge in [0, 0.05) is 42.1 Å². The van der Waals surface area contributed by atoms with Crippen LogP contribution in [0.4, 0.5) is 5.69 Å². The molecule has 0 saturated carbocycles. The molecule has 0 radical (unpaired) electrons. The van der Waals surface area contributed by atoms with E-state index in [9.17, 15) is 4.79 Å². The smallest absolute Gasteiger partial charge is 0.270 e. The molecular formula is C17H17N3OS2. The molecule has 1 N–H and O–H groups in total. The summed E-state index contributed by atoms with van der Waals surface area (Å²) in [4.78, 5) is 18.7. The minimum absolute atomic E-state index is 0.121. The van der Waals surface area contributed by atoms with Gasteiger partial charge in [-0.2, -0.15) is 11.3 Å². The van der Waals surface area contributed by atoms with Gasteiger partial charge in [0.25, 0.3) is 5.91 Å². The third kappa shape index (κ3) is 3.97. The molecule has 3 rings (SSSR count). The molecule has 6 heteroatoms. The normalized spacial score (nSPS) is 10.5. The molecule has 2 heterocycles. The summed E-state index contributed by atoms with van der Waals surface area (Å²) < 4.78 is 0. The number of para-hydroxylation sites is 1. The first-order valence-electron chi connectivity index (χ1n) is 7.26. The van der Waals surface area contributed by atoms with E-state index in [-0.39, 0.29) is 5.91 Å². The fourth-order valence-electron chi connectivity index (χ4n) is 2.14. The van der Waals surface area contributed by atoms with Crippen LogP contribution in [0, 0.1) is 0 Å². The average Bonchev–Trinajstić information content (AvgIpc) is 3.26. The topological polar surface area (TPSA) is 45.2 Å². The molecule has 0 unspecified atom stereocenters. The summed E-state index contributed by atoms with van der Waals surface area (Å²) in [6.45, 7) is 1.33. The molecule has 23 heavy (non-hydrogen) atoms. The largest absolute Gasteiger partial charge is 0.373 e. The van der Waals surface area contributed by atoms with Gasteiger partial charge in [-0.1, -0.05) is 18.2 Å². The number of benzene rings is 1. The van der Waals surface area contributed by atoms with Crippen LogP contribution in [0.1, 0.15) is 10.5 Å². The maximum Gasteiger partial charge on any atom is 0.270 e. The maximum atomic E-state index is 12.2. The van der Waals surface area contributed by atoms with Crippen LogP contribution in [0.2, 0.25) is 0 Å². The second-order valence-electron chi connectivity index (χ2n) is 5.06. The minimum atomic E-state index is -0.121. The van der Waals surface area contributed by atoms with Crippen LogP contribution in [-0.2, 0) is 0 Å². The number of hydrogen-bond acceptors (Lipinski definition) is 5. The number of thiophene rings is 1. The lowest BCUT2D eigenvalue weighted by Crippen LogP contribution is -2.33. The second kappa shape index (κ2) is 7.39. The van der Waals surface area contributed by atoms with Gasteiger partial charge in [0.2, 0.25) is 0 Å². The third-order valence-corrected chi connectivity index (χ3v) is 5.01. The predicted octanol–water partition coefficient (Wildman–Crippen LogP) is 3.74. The van der Waals surface area contributed by atoms with Crippen molar-refractivity contribution >= 4 is 34.3 Å². The molecule has 4 nitrogen and oxygen atoms in total. The number of nitrogens with one attached hydrogen (secondary N) is 1. The SMILES string of the molecule is CN(CCNC(=O)c1csc(-c2ccsc2)n1)c1ccccc1. The summed E-state index contributed by atoms with van der Waals surface area (Å²) >= 11 is 3.12. The fourth-order valence-corrected chi connectivity index (χ4v) is 3.65. The Hall–Kier alpha value is -2.18. The summed E-state index contributed by atoms with van der Waals surface area (Å²) in [5.74, 6) is -0.121.